The Balaban J connectivity index is 1.85. The van der Waals surface area contributed by atoms with Crippen molar-refractivity contribution in [2.75, 3.05) is 26.2 Å². The first-order chi connectivity index (χ1) is 16.4. The maximum Gasteiger partial charge on any atom is 0.413 e. The minimum Gasteiger partial charge on any atom is -0.497 e. The lowest BCUT2D eigenvalue weighted by atomic mass is 10.1. The van der Waals surface area contributed by atoms with E-state index in [2.05, 4.69) is 10.1 Å². The Bertz CT molecular complexity index is 1350. The van der Waals surface area contributed by atoms with Crippen LogP contribution in [0, 0.1) is 6.92 Å². The summed E-state index contributed by atoms with van der Waals surface area (Å²) in [6, 6.07) is 14.1. The van der Waals surface area contributed by atoms with E-state index in [1.165, 1.54) is 15.5 Å². The summed E-state index contributed by atoms with van der Waals surface area (Å²) >= 11 is 6.36. The molecule has 0 radical (unpaired) electrons. The second-order valence-corrected chi connectivity index (χ2v) is 7.81. The second-order valence-electron chi connectivity index (χ2n) is 7.42. The van der Waals surface area contributed by atoms with Crippen LogP contribution in [0.1, 0.15) is 11.3 Å². The van der Waals surface area contributed by atoms with E-state index in [-0.39, 0.29) is 17.5 Å². The van der Waals surface area contributed by atoms with Crippen LogP contribution in [0.2, 0.25) is 5.15 Å². The summed E-state index contributed by atoms with van der Waals surface area (Å²) in [6.45, 7) is 1.91. The molecule has 4 rings (SSSR count). The molecular weight excluding hydrogens is 460 g/mol. The molecule has 0 bridgehead atoms. The lowest BCUT2D eigenvalue weighted by Crippen LogP contribution is -2.30. The molecule has 0 aliphatic carbocycles. The fraction of sp³-hybridized carbons (Fsp3) is 0.208. The van der Waals surface area contributed by atoms with Gasteiger partial charge in [-0.15, -0.1) is 0 Å². The van der Waals surface area contributed by atoms with Gasteiger partial charge in [0, 0.05) is 11.6 Å². The SMILES string of the molecule is COc1ccc(CN(C(=O)O)c2cc(Cl)nc3c(-c4ccc(OC)c(OC)c4)c(C)nn23)cc1. The molecule has 0 spiro atoms. The number of carbonyl (C=O) groups is 1. The number of methoxy groups -OCH3 is 3. The van der Waals surface area contributed by atoms with Crippen LogP contribution in [0.4, 0.5) is 10.6 Å². The minimum atomic E-state index is -1.15. The van der Waals surface area contributed by atoms with Crippen molar-refractivity contribution in [1.82, 2.24) is 14.6 Å². The van der Waals surface area contributed by atoms with Gasteiger partial charge in [0.1, 0.15) is 16.7 Å². The molecule has 2 heterocycles. The van der Waals surface area contributed by atoms with Gasteiger partial charge in [-0.2, -0.15) is 9.61 Å². The topological polar surface area (TPSA) is 98.4 Å². The molecule has 0 aliphatic heterocycles. The number of carboxylic acid groups (broad SMARTS) is 1. The first-order valence-electron chi connectivity index (χ1n) is 10.3. The highest BCUT2D eigenvalue weighted by Gasteiger charge is 2.24. The lowest BCUT2D eigenvalue weighted by molar-refractivity contribution is 0.201. The van der Waals surface area contributed by atoms with Crippen molar-refractivity contribution in [1.29, 1.82) is 0 Å². The van der Waals surface area contributed by atoms with E-state index in [0.29, 0.717) is 34.2 Å². The molecule has 0 saturated heterocycles. The smallest absolute Gasteiger partial charge is 0.413 e. The maximum atomic E-state index is 12.3. The monoisotopic (exact) mass is 482 g/mol. The van der Waals surface area contributed by atoms with E-state index in [4.69, 9.17) is 25.8 Å². The molecule has 4 aromatic rings. The van der Waals surface area contributed by atoms with Gasteiger partial charge in [-0.3, -0.25) is 4.90 Å². The van der Waals surface area contributed by atoms with Crippen LogP contribution in [0.15, 0.2) is 48.5 Å². The average Bonchev–Trinajstić information content (AvgIpc) is 3.17. The largest absolute Gasteiger partial charge is 0.497 e. The van der Waals surface area contributed by atoms with Gasteiger partial charge in [0.05, 0.1) is 33.6 Å². The second kappa shape index (κ2) is 9.48. The van der Waals surface area contributed by atoms with Crippen LogP contribution in [0.25, 0.3) is 16.8 Å². The number of fused-ring (bicyclic) bond motifs is 1. The summed E-state index contributed by atoms with van der Waals surface area (Å²) in [5, 5.41) is 14.8. The molecule has 0 unspecified atom stereocenters. The number of nitrogens with zero attached hydrogens (tertiary/aromatic N) is 4. The Morgan fingerprint density at radius 2 is 1.74 bits per heavy atom. The molecule has 0 fully saturated rings. The third-order valence-electron chi connectivity index (χ3n) is 5.39. The predicted molar refractivity (Wildman–Crippen MR) is 128 cm³/mol. The number of ether oxygens (including phenoxy) is 3. The maximum absolute atomic E-state index is 12.3. The fourth-order valence-corrected chi connectivity index (χ4v) is 3.94. The van der Waals surface area contributed by atoms with Gasteiger partial charge in [0.15, 0.2) is 17.1 Å². The van der Waals surface area contributed by atoms with E-state index in [0.717, 1.165) is 11.1 Å². The van der Waals surface area contributed by atoms with Crippen molar-refractivity contribution in [3.8, 4) is 28.4 Å². The number of amides is 1. The number of benzene rings is 2. The molecule has 1 N–H and O–H groups in total. The standard InChI is InChI=1S/C24H23ClN4O5/c1-14-22(16-7-10-18(33-3)19(11-16)34-4)23-26-20(25)12-21(29(23)27-14)28(24(30)31)13-15-5-8-17(32-2)9-6-15/h5-12H,13H2,1-4H3,(H,30,31). The lowest BCUT2D eigenvalue weighted by Gasteiger charge is -2.20. The quantitative estimate of drug-likeness (QED) is 0.367. The summed E-state index contributed by atoms with van der Waals surface area (Å²) in [6.07, 6.45) is -1.15. The van der Waals surface area contributed by atoms with Gasteiger partial charge in [-0.25, -0.2) is 9.78 Å². The van der Waals surface area contributed by atoms with Gasteiger partial charge in [-0.05, 0) is 42.3 Å². The van der Waals surface area contributed by atoms with Crippen LogP contribution >= 0.6 is 11.6 Å². The number of aryl methyl sites for hydroxylation is 1. The fourth-order valence-electron chi connectivity index (χ4n) is 3.76. The molecule has 0 saturated carbocycles. The molecule has 0 aliphatic rings. The number of rotatable bonds is 7. The van der Waals surface area contributed by atoms with E-state index in [1.54, 1.807) is 51.7 Å². The summed E-state index contributed by atoms with van der Waals surface area (Å²) < 4.78 is 17.4. The highest BCUT2D eigenvalue weighted by Crippen LogP contribution is 2.36. The van der Waals surface area contributed by atoms with Crippen LogP contribution in [0.5, 0.6) is 17.2 Å². The van der Waals surface area contributed by atoms with Gasteiger partial charge in [0.25, 0.3) is 0 Å². The normalized spacial score (nSPS) is 10.9. The molecule has 34 heavy (non-hydrogen) atoms. The molecular formula is C24H23ClN4O5. The summed E-state index contributed by atoms with van der Waals surface area (Å²) in [4.78, 5) is 17.9. The van der Waals surface area contributed by atoms with Crippen LogP contribution in [0.3, 0.4) is 0 Å². The highest BCUT2D eigenvalue weighted by molar-refractivity contribution is 6.30. The van der Waals surface area contributed by atoms with Crippen molar-refractivity contribution in [2.45, 2.75) is 13.5 Å². The van der Waals surface area contributed by atoms with E-state index in [1.807, 2.05) is 19.1 Å². The van der Waals surface area contributed by atoms with Crippen molar-refractivity contribution >= 4 is 29.2 Å². The Labute approximate surface area is 201 Å². The third-order valence-corrected chi connectivity index (χ3v) is 5.59. The predicted octanol–water partition coefficient (Wildman–Crippen LogP) is 5.07. The van der Waals surface area contributed by atoms with Crippen molar-refractivity contribution < 1.29 is 24.1 Å². The molecule has 2 aromatic heterocycles. The van der Waals surface area contributed by atoms with E-state index in [9.17, 15) is 9.90 Å². The van der Waals surface area contributed by atoms with Gasteiger partial charge in [-0.1, -0.05) is 29.8 Å². The number of halogens is 1. The Morgan fingerprint density at radius 1 is 1.03 bits per heavy atom. The first kappa shape index (κ1) is 23.2. The molecule has 10 heteroatoms. The van der Waals surface area contributed by atoms with E-state index < -0.39 is 6.09 Å². The van der Waals surface area contributed by atoms with Crippen LogP contribution < -0.4 is 19.1 Å². The van der Waals surface area contributed by atoms with E-state index >= 15 is 0 Å². The number of hydrogen-bond acceptors (Lipinski definition) is 6. The molecule has 0 atom stereocenters. The number of hydrogen-bond donors (Lipinski definition) is 1. The van der Waals surface area contributed by atoms with Gasteiger partial charge >= 0.3 is 6.09 Å². The number of anilines is 1. The molecule has 176 valence electrons. The van der Waals surface area contributed by atoms with Crippen molar-refractivity contribution in [3.05, 3.63) is 64.9 Å². The van der Waals surface area contributed by atoms with Gasteiger partial charge < -0.3 is 19.3 Å². The average molecular weight is 483 g/mol. The van der Waals surface area contributed by atoms with Crippen LogP contribution in [-0.2, 0) is 6.54 Å². The Morgan fingerprint density at radius 3 is 2.35 bits per heavy atom. The summed E-state index contributed by atoms with van der Waals surface area (Å²) in [5.41, 5.74) is 3.34. The third kappa shape index (κ3) is 4.29. The Hall–Kier alpha value is -3.98. The zero-order chi connectivity index (χ0) is 24.4. The summed E-state index contributed by atoms with van der Waals surface area (Å²) in [7, 11) is 4.70. The molecule has 2 aromatic carbocycles. The van der Waals surface area contributed by atoms with Gasteiger partial charge in [0.2, 0.25) is 0 Å². The molecule has 9 nitrogen and oxygen atoms in total. The minimum absolute atomic E-state index is 0.0827. The van der Waals surface area contributed by atoms with Crippen molar-refractivity contribution in [3.63, 3.8) is 0 Å². The summed E-state index contributed by atoms with van der Waals surface area (Å²) in [5.74, 6) is 2.09. The zero-order valence-corrected chi connectivity index (χ0v) is 19.8. The van der Waals surface area contributed by atoms with Crippen molar-refractivity contribution in [2.24, 2.45) is 0 Å². The van der Waals surface area contributed by atoms with Crippen LogP contribution in [-0.4, -0.2) is 47.1 Å². The highest BCUT2D eigenvalue weighted by atomic mass is 35.5. The zero-order valence-electron chi connectivity index (χ0n) is 19.1. The Kier molecular flexibility index (Phi) is 6.47. The first-order valence-corrected chi connectivity index (χ1v) is 10.7. The molecule has 1 amide bonds. The number of aromatic nitrogens is 3.